The number of allylic oxidation sites excluding steroid dienone is 2. The van der Waals surface area contributed by atoms with Crippen molar-refractivity contribution >= 4 is 5.97 Å². The summed E-state index contributed by atoms with van der Waals surface area (Å²) in [7, 11) is 0. The Hall–Kier alpha value is -2.08. The molecule has 0 radical (unpaired) electrons. The van der Waals surface area contributed by atoms with Crippen molar-refractivity contribution in [1.82, 2.24) is 0 Å². The standard InChI is InChI=1S/C26H35NO2/c1-2-3-5-20-7-11-22(12-8-20)23-13-15-24(16-14-23)26(28)29-25-17-9-21(10-18-25)6-4-19-27/h4,6-8,11-12,21,23-25H,2-3,5,9-10,13-18H2,1H3. The minimum absolute atomic E-state index is 0.0226. The van der Waals surface area contributed by atoms with Crippen molar-refractivity contribution in [2.75, 3.05) is 0 Å². The van der Waals surface area contributed by atoms with E-state index in [1.54, 1.807) is 6.08 Å². The van der Waals surface area contributed by atoms with E-state index in [9.17, 15) is 4.79 Å². The van der Waals surface area contributed by atoms with E-state index >= 15 is 0 Å². The van der Waals surface area contributed by atoms with Gasteiger partial charge < -0.3 is 4.74 Å². The minimum atomic E-state index is 0.0226. The molecule has 0 atom stereocenters. The van der Waals surface area contributed by atoms with E-state index < -0.39 is 0 Å². The number of ether oxygens (including phenoxy) is 1. The molecule has 1 aromatic rings. The Morgan fingerprint density at radius 2 is 1.76 bits per heavy atom. The van der Waals surface area contributed by atoms with Gasteiger partial charge in [0.05, 0.1) is 12.0 Å². The van der Waals surface area contributed by atoms with Gasteiger partial charge in [0, 0.05) is 6.08 Å². The lowest BCUT2D eigenvalue weighted by Crippen LogP contribution is -2.29. The molecule has 2 fully saturated rings. The van der Waals surface area contributed by atoms with Gasteiger partial charge in [-0.05, 0) is 87.2 Å². The van der Waals surface area contributed by atoms with E-state index in [1.165, 1.54) is 30.4 Å². The zero-order chi connectivity index (χ0) is 20.5. The van der Waals surface area contributed by atoms with E-state index in [0.717, 1.165) is 51.4 Å². The lowest BCUT2D eigenvalue weighted by atomic mass is 9.78. The number of hydrogen-bond acceptors (Lipinski definition) is 3. The van der Waals surface area contributed by atoms with Crippen LogP contribution < -0.4 is 0 Å². The zero-order valence-electron chi connectivity index (χ0n) is 17.8. The zero-order valence-corrected chi connectivity index (χ0v) is 17.8. The van der Waals surface area contributed by atoms with Crippen molar-refractivity contribution in [2.24, 2.45) is 11.8 Å². The Kier molecular flexibility index (Phi) is 8.35. The second-order valence-corrected chi connectivity index (χ2v) is 8.86. The second kappa shape index (κ2) is 11.2. The summed E-state index contributed by atoms with van der Waals surface area (Å²) in [5.74, 6) is 1.15. The summed E-state index contributed by atoms with van der Waals surface area (Å²) in [5, 5.41) is 8.64. The number of unbranched alkanes of at least 4 members (excludes halogenated alkanes) is 1. The first kappa shape index (κ1) is 21.6. The van der Waals surface area contributed by atoms with Crippen molar-refractivity contribution in [3.63, 3.8) is 0 Å². The van der Waals surface area contributed by atoms with Gasteiger partial charge in [0.2, 0.25) is 0 Å². The molecule has 2 saturated carbocycles. The first-order valence-corrected chi connectivity index (χ1v) is 11.5. The number of carbonyl (C=O) groups excluding carboxylic acids is 1. The molecule has 3 rings (SSSR count). The number of carbonyl (C=O) groups is 1. The first-order valence-electron chi connectivity index (χ1n) is 11.5. The summed E-state index contributed by atoms with van der Waals surface area (Å²) >= 11 is 0. The van der Waals surface area contributed by atoms with E-state index in [-0.39, 0.29) is 18.0 Å². The van der Waals surface area contributed by atoms with Crippen molar-refractivity contribution in [3.8, 4) is 6.07 Å². The van der Waals surface area contributed by atoms with Crippen LogP contribution in [0.3, 0.4) is 0 Å². The van der Waals surface area contributed by atoms with Gasteiger partial charge in [-0.1, -0.05) is 43.7 Å². The highest BCUT2D eigenvalue weighted by molar-refractivity contribution is 5.72. The van der Waals surface area contributed by atoms with Crippen LogP contribution in [0, 0.1) is 23.2 Å². The van der Waals surface area contributed by atoms with Gasteiger partial charge in [-0.2, -0.15) is 5.26 Å². The van der Waals surface area contributed by atoms with Crippen molar-refractivity contribution < 1.29 is 9.53 Å². The van der Waals surface area contributed by atoms with Crippen LogP contribution in [0.15, 0.2) is 36.4 Å². The van der Waals surface area contributed by atoms with Gasteiger partial charge in [-0.15, -0.1) is 0 Å². The van der Waals surface area contributed by atoms with Crippen LogP contribution in [0.5, 0.6) is 0 Å². The van der Waals surface area contributed by atoms with E-state index in [2.05, 4.69) is 37.3 Å². The average Bonchev–Trinajstić information content (AvgIpc) is 2.77. The predicted molar refractivity (Wildman–Crippen MR) is 116 cm³/mol. The van der Waals surface area contributed by atoms with Gasteiger partial charge >= 0.3 is 5.97 Å². The number of aryl methyl sites for hydroxylation is 1. The lowest BCUT2D eigenvalue weighted by molar-refractivity contribution is -0.157. The molecule has 2 aliphatic carbocycles. The third-order valence-electron chi connectivity index (χ3n) is 6.78. The maximum Gasteiger partial charge on any atom is 0.309 e. The van der Waals surface area contributed by atoms with E-state index in [0.29, 0.717) is 11.8 Å². The number of benzene rings is 1. The van der Waals surface area contributed by atoms with Gasteiger partial charge in [0.1, 0.15) is 6.10 Å². The number of esters is 1. The average molecular weight is 394 g/mol. The maximum absolute atomic E-state index is 12.6. The third kappa shape index (κ3) is 6.46. The molecule has 0 spiro atoms. The largest absolute Gasteiger partial charge is 0.462 e. The first-order chi connectivity index (χ1) is 14.2. The Labute approximate surface area is 176 Å². The second-order valence-electron chi connectivity index (χ2n) is 8.86. The van der Waals surface area contributed by atoms with Crippen molar-refractivity contribution in [3.05, 3.63) is 47.5 Å². The molecule has 3 nitrogen and oxygen atoms in total. The summed E-state index contributed by atoms with van der Waals surface area (Å²) in [5.41, 5.74) is 2.87. The molecule has 0 amide bonds. The van der Waals surface area contributed by atoms with Crippen molar-refractivity contribution in [2.45, 2.75) is 89.6 Å². The highest BCUT2D eigenvalue weighted by Crippen LogP contribution is 2.37. The molecule has 3 heteroatoms. The van der Waals surface area contributed by atoms with Gasteiger partial charge in [-0.3, -0.25) is 4.79 Å². The van der Waals surface area contributed by atoms with E-state index in [4.69, 9.17) is 10.00 Å². The molecule has 1 aromatic carbocycles. The fourth-order valence-electron chi connectivity index (χ4n) is 4.84. The molecular formula is C26H35NO2. The van der Waals surface area contributed by atoms with Crippen LogP contribution in [0.1, 0.15) is 88.2 Å². The lowest BCUT2D eigenvalue weighted by Gasteiger charge is -2.31. The van der Waals surface area contributed by atoms with Crippen molar-refractivity contribution in [1.29, 1.82) is 5.26 Å². The topological polar surface area (TPSA) is 50.1 Å². The summed E-state index contributed by atoms with van der Waals surface area (Å²) in [4.78, 5) is 12.6. The number of rotatable bonds is 7. The Bertz CT molecular complexity index is 699. The molecule has 0 bridgehead atoms. The molecule has 0 aliphatic heterocycles. The van der Waals surface area contributed by atoms with Crippen LogP contribution in [-0.4, -0.2) is 12.1 Å². The quantitative estimate of drug-likeness (QED) is 0.393. The van der Waals surface area contributed by atoms with Crippen LogP contribution in [0.25, 0.3) is 0 Å². The normalized spacial score (nSPS) is 27.4. The van der Waals surface area contributed by atoms with E-state index in [1.807, 2.05) is 6.08 Å². The molecular weight excluding hydrogens is 358 g/mol. The molecule has 29 heavy (non-hydrogen) atoms. The third-order valence-corrected chi connectivity index (χ3v) is 6.78. The molecule has 0 N–H and O–H groups in total. The number of nitrogens with zero attached hydrogens (tertiary/aromatic N) is 1. The van der Waals surface area contributed by atoms with Crippen LogP contribution >= 0.6 is 0 Å². The molecule has 0 heterocycles. The number of hydrogen-bond donors (Lipinski definition) is 0. The van der Waals surface area contributed by atoms with Gasteiger partial charge in [0.25, 0.3) is 0 Å². The fourth-order valence-corrected chi connectivity index (χ4v) is 4.84. The summed E-state index contributed by atoms with van der Waals surface area (Å²) in [6, 6.07) is 11.2. The maximum atomic E-state index is 12.6. The molecule has 156 valence electrons. The number of nitriles is 1. The molecule has 0 aromatic heterocycles. The monoisotopic (exact) mass is 393 g/mol. The predicted octanol–water partition coefficient (Wildman–Crippen LogP) is 6.48. The highest BCUT2D eigenvalue weighted by atomic mass is 16.5. The Balaban J connectivity index is 1.40. The summed E-state index contributed by atoms with van der Waals surface area (Å²) in [6.07, 6.45) is 15.2. The van der Waals surface area contributed by atoms with Crippen LogP contribution in [0.4, 0.5) is 0 Å². The summed E-state index contributed by atoms with van der Waals surface area (Å²) < 4.78 is 5.85. The van der Waals surface area contributed by atoms with Crippen LogP contribution in [-0.2, 0) is 16.0 Å². The molecule has 2 aliphatic rings. The smallest absolute Gasteiger partial charge is 0.309 e. The molecule has 0 unspecified atom stereocenters. The fraction of sp³-hybridized carbons (Fsp3) is 0.615. The SMILES string of the molecule is CCCCc1ccc(C2CCC(C(=O)OC3CCC(C=CC#N)CC3)CC2)cc1. The summed E-state index contributed by atoms with van der Waals surface area (Å²) in [6.45, 7) is 2.23. The van der Waals surface area contributed by atoms with Gasteiger partial charge in [-0.25, -0.2) is 0 Å². The Morgan fingerprint density at radius 3 is 2.38 bits per heavy atom. The minimum Gasteiger partial charge on any atom is -0.462 e. The highest BCUT2D eigenvalue weighted by Gasteiger charge is 2.30. The van der Waals surface area contributed by atoms with Gasteiger partial charge in [0.15, 0.2) is 0 Å². The molecule has 0 saturated heterocycles. The Morgan fingerprint density at radius 1 is 1.07 bits per heavy atom. The van der Waals surface area contributed by atoms with Crippen LogP contribution in [0.2, 0.25) is 0 Å².